The van der Waals surface area contributed by atoms with E-state index in [1.165, 1.54) is 6.07 Å². The van der Waals surface area contributed by atoms with Crippen LogP contribution in [0.5, 0.6) is 0 Å². The summed E-state index contributed by atoms with van der Waals surface area (Å²) in [4.78, 5) is 2.29. The summed E-state index contributed by atoms with van der Waals surface area (Å²) in [5, 5.41) is 3.55. The molecular weight excluding hydrogens is 295 g/mol. The van der Waals surface area contributed by atoms with Crippen LogP contribution in [-0.2, 0) is 0 Å². The van der Waals surface area contributed by atoms with Gasteiger partial charge in [0.2, 0.25) is 0 Å². The highest BCUT2D eigenvalue weighted by Gasteiger charge is 2.28. The van der Waals surface area contributed by atoms with Gasteiger partial charge in [0.05, 0.1) is 5.69 Å². The number of nitrogens with one attached hydrogen (secondary N) is 1. The zero-order valence-corrected chi connectivity index (χ0v) is 12.7. The molecule has 2 rings (SSSR count). The molecule has 2 unspecified atom stereocenters. The van der Waals surface area contributed by atoms with Crippen molar-refractivity contribution >= 4 is 21.6 Å². The minimum Gasteiger partial charge on any atom is -0.365 e. The molecule has 0 amide bonds. The highest BCUT2D eigenvalue weighted by atomic mass is 79.9. The van der Waals surface area contributed by atoms with Crippen LogP contribution in [0.2, 0.25) is 0 Å². The summed E-state index contributed by atoms with van der Waals surface area (Å²) in [6, 6.07) is 5.71. The Labute approximate surface area is 117 Å². The third-order valence-corrected chi connectivity index (χ3v) is 4.29. The van der Waals surface area contributed by atoms with E-state index in [-0.39, 0.29) is 5.82 Å². The molecule has 1 N–H and O–H groups in total. The van der Waals surface area contributed by atoms with Gasteiger partial charge in [0.25, 0.3) is 0 Å². The molecule has 0 aliphatic carbocycles. The number of halogens is 2. The molecule has 0 saturated carbocycles. The van der Waals surface area contributed by atoms with Crippen LogP contribution in [0, 0.1) is 11.7 Å². The number of anilines is 1. The van der Waals surface area contributed by atoms with Gasteiger partial charge in [-0.15, -0.1) is 0 Å². The van der Waals surface area contributed by atoms with Crippen molar-refractivity contribution in [2.24, 2.45) is 5.92 Å². The number of hydrogen-bond acceptors (Lipinski definition) is 2. The van der Waals surface area contributed by atoms with Gasteiger partial charge < -0.3 is 10.2 Å². The Morgan fingerprint density at radius 1 is 1.44 bits per heavy atom. The van der Waals surface area contributed by atoms with Crippen LogP contribution in [0.15, 0.2) is 22.7 Å². The number of hydrogen-bond donors (Lipinski definition) is 1. The largest absolute Gasteiger partial charge is 0.365 e. The zero-order chi connectivity index (χ0) is 13.3. The zero-order valence-electron chi connectivity index (χ0n) is 11.1. The lowest BCUT2D eigenvalue weighted by Gasteiger charge is -2.42. The molecule has 100 valence electrons. The van der Waals surface area contributed by atoms with E-state index >= 15 is 0 Å². The van der Waals surface area contributed by atoms with Gasteiger partial charge in [-0.1, -0.05) is 13.8 Å². The van der Waals surface area contributed by atoms with E-state index in [2.05, 4.69) is 46.9 Å². The third kappa shape index (κ3) is 2.86. The predicted octanol–water partition coefficient (Wildman–Crippen LogP) is 3.41. The Morgan fingerprint density at radius 3 is 2.83 bits per heavy atom. The Balaban J connectivity index is 2.26. The van der Waals surface area contributed by atoms with Gasteiger partial charge in [-0.05, 0) is 47.0 Å². The summed E-state index contributed by atoms with van der Waals surface area (Å²) in [5.41, 5.74) is 0.953. The molecule has 0 aromatic heterocycles. The molecule has 2 nitrogen and oxygen atoms in total. The summed E-state index contributed by atoms with van der Waals surface area (Å²) < 4.78 is 14.4. The van der Waals surface area contributed by atoms with Gasteiger partial charge in [0.1, 0.15) is 5.82 Å². The number of benzene rings is 1. The van der Waals surface area contributed by atoms with E-state index in [0.717, 1.165) is 23.2 Å². The highest BCUT2D eigenvalue weighted by molar-refractivity contribution is 9.10. The minimum atomic E-state index is -0.181. The molecule has 1 saturated heterocycles. The maximum atomic E-state index is 13.4. The summed E-state index contributed by atoms with van der Waals surface area (Å²) in [6.07, 6.45) is 0. The summed E-state index contributed by atoms with van der Waals surface area (Å²) >= 11 is 3.52. The Hall–Kier alpha value is -0.610. The van der Waals surface area contributed by atoms with Gasteiger partial charge >= 0.3 is 0 Å². The molecule has 1 aromatic carbocycles. The van der Waals surface area contributed by atoms with Crippen molar-refractivity contribution < 1.29 is 4.39 Å². The molecule has 1 aliphatic heterocycles. The fraction of sp³-hybridized carbons (Fsp3) is 0.571. The monoisotopic (exact) mass is 314 g/mol. The highest BCUT2D eigenvalue weighted by Crippen LogP contribution is 2.30. The van der Waals surface area contributed by atoms with Crippen LogP contribution in [-0.4, -0.2) is 25.2 Å². The quantitative estimate of drug-likeness (QED) is 0.900. The minimum absolute atomic E-state index is 0.181. The lowest BCUT2D eigenvalue weighted by atomic mass is 9.99. The van der Waals surface area contributed by atoms with Crippen LogP contribution in [0.3, 0.4) is 0 Å². The van der Waals surface area contributed by atoms with Gasteiger partial charge in [0, 0.05) is 29.6 Å². The second-order valence-corrected chi connectivity index (χ2v) is 6.21. The van der Waals surface area contributed by atoms with E-state index in [0.29, 0.717) is 18.0 Å². The number of rotatable bonds is 2. The molecule has 1 heterocycles. The summed E-state index contributed by atoms with van der Waals surface area (Å²) in [7, 11) is 0. The first-order chi connectivity index (χ1) is 8.49. The van der Waals surface area contributed by atoms with Gasteiger partial charge in [0.15, 0.2) is 0 Å². The predicted molar refractivity (Wildman–Crippen MR) is 77.5 cm³/mol. The summed E-state index contributed by atoms with van der Waals surface area (Å²) in [6.45, 7) is 8.45. The van der Waals surface area contributed by atoms with Crippen molar-refractivity contribution in [1.29, 1.82) is 0 Å². The first kappa shape index (κ1) is 13.8. The average Bonchev–Trinajstić information content (AvgIpc) is 2.33. The van der Waals surface area contributed by atoms with Crippen molar-refractivity contribution in [3.63, 3.8) is 0 Å². The molecule has 2 atom stereocenters. The van der Waals surface area contributed by atoms with E-state index < -0.39 is 0 Å². The Kier molecular flexibility index (Phi) is 4.28. The molecule has 0 bridgehead atoms. The van der Waals surface area contributed by atoms with Crippen LogP contribution in [0.1, 0.15) is 20.8 Å². The topological polar surface area (TPSA) is 15.3 Å². The first-order valence-corrected chi connectivity index (χ1v) is 7.23. The molecule has 0 spiro atoms. The third-order valence-electron chi connectivity index (χ3n) is 3.62. The van der Waals surface area contributed by atoms with Crippen LogP contribution in [0.25, 0.3) is 0 Å². The van der Waals surface area contributed by atoms with Gasteiger partial charge in [-0.25, -0.2) is 4.39 Å². The van der Waals surface area contributed by atoms with Crippen LogP contribution < -0.4 is 10.2 Å². The maximum absolute atomic E-state index is 13.4. The van der Waals surface area contributed by atoms with Crippen molar-refractivity contribution in [3.05, 3.63) is 28.5 Å². The lowest BCUT2D eigenvalue weighted by Crippen LogP contribution is -2.57. The van der Waals surface area contributed by atoms with E-state index in [1.807, 2.05) is 0 Å². The summed E-state index contributed by atoms with van der Waals surface area (Å²) in [5.74, 6) is 0.396. The first-order valence-electron chi connectivity index (χ1n) is 6.44. The van der Waals surface area contributed by atoms with E-state index in [9.17, 15) is 4.39 Å². The fourth-order valence-electron chi connectivity index (χ4n) is 2.38. The standard InChI is InChI=1S/C14H20BrFN2/c1-9(2)13-8-18(10(3)7-17-13)14-6-11(16)4-5-12(14)15/h4-6,9-10,13,17H,7-8H2,1-3H3. The van der Waals surface area contributed by atoms with Crippen LogP contribution >= 0.6 is 15.9 Å². The molecule has 1 aliphatic rings. The normalized spacial score (nSPS) is 24.7. The maximum Gasteiger partial charge on any atom is 0.125 e. The Morgan fingerprint density at radius 2 is 2.17 bits per heavy atom. The smallest absolute Gasteiger partial charge is 0.125 e. The second-order valence-electron chi connectivity index (χ2n) is 5.36. The number of piperazine rings is 1. The molecular formula is C14H20BrFN2. The molecule has 4 heteroatoms. The van der Waals surface area contributed by atoms with E-state index in [4.69, 9.17) is 0 Å². The lowest BCUT2D eigenvalue weighted by molar-refractivity contribution is 0.336. The molecule has 0 radical (unpaired) electrons. The number of nitrogens with zero attached hydrogens (tertiary/aromatic N) is 1. The van der Waals surface area contributed by atoms with Crippen molar-refractivity contribution in [1.82, 2.24) is 5.32 Å². The van der Waals surface area contributed by atoms with Crippen molar-refractivity contribution in [2.45, 2.75) is 32.9 Å². The fourth-order valence-corrected chi connectivity index (χ4v) is 2.85. The van der Waals surface area contributed by atoms with Crippen molar-refractivity contribution in [3.8, 4) is 0 Å². The SMILES string of the molecule is CC(C)C1CN(c2cc(F)ccc2Br)C(C)CN1. The van der Waals surface area contributed by atoms with Gasteiger partial charge in [-0.2, -0.15) is 0 Å². The van der Waals surface area contributed by atoms with E-state index in [1.54, 1.807) is 12.1 Å². The second kappa shape index (κ2) is 5.57. The average molecular weight is 315 g/mol. The van der Waals surface area contributed by atoms with Crippen LogP contribution in [0.4, 0.5) is 10.1 Å². The Bertz CT molecular complexity index is 422. The molecule has 1 fully saturated rings. The van der Waals surface area contributed by atoms with Gasteiger partial charge in [-0.3, -0.25) is 0 Å². The molecule has 18 heavy (non-hydrogen) atoms. The van der Waals surface area contributed by atoms with Crippen molar-refractivity contribution in [2.75, 3.05) is 18.0 Å². The molecule has 1 aromatic rings.